The second kappa shape index (κ2) is 15.1. The molecule has 1 aromatic rings. The van der Waals surface area contributed by atoms with E-state index in [1.165, 1.54) is 70.6 Å². The molecular weight excluding hydrogens is 524 g/mol. The third kappa shape index (κ3) is 8.15. The SMILES string of the molecule is O=C1CCC(N2C(=O)c3ccc(OCCCCCCCCCCCCCCCBr)cc3C2=O)C(=O)N1. The highest BCUT2D eigenvalue weighted by Crippen LogP contribution is 2.30. The number of piperidine rings is 1. The fraction of sp³-hybridized carbons (Fsp3) is 0.643. The van der Waals surface area contributed by atoms with Gasteiger partial charge in [0.25, 0.3) is 11.8 Å². The Bertz CT molecular complexity index is 919. The van der Waals surface area contributed by atoms with E-state index in [2.05, 4.69) is 21.2 Å². The Hall–Kier alpha value is -2.22. The summed E-state index contributed by atoms with van der Waals surface area (Å²) in [5.41, 5.74) is 0.521. The lowest BCUT2D eigenvalue weighted by atomic mass is 10.0. The average Bonchev–Trinajstić information content (AvgIpc) is 3.11. The van der Waals surface area contributed by atoms with E-state index >= 15 is 0 Å². The zero-order chi connectivity index (χ0) is 25.8. The van der Waals surface area contributed by atoms with E-state index in [4.69, 9.17) is 4.74 Å². The number of carbonyl (C=O) groups is 4. The third-order valence-electron chi connectivity index (χ3n) is 6.96. The summed E-state index contributed by atoms with van der Waals surface area (Å²) in [6, 6.07) is 3.91. The Morgan fingerprint density at radius 1 is 0.778 bits per heavy atom. The van der Waals surface area contributed by atoms with Crippen LogP contribution in [0.2, 0.25) is 0 Å². The molecule has 0 spiro atoms. The summed E-state index contributed by atoms with van der Waals surface area (Å²) in [5.74, 6) is -1.45. The molecule has 0 aromatic heterocycles. The molecule has 8 heteroatoms. The molecular formula is C28H39BrN2O5. The van der Waals surface area contributed by atoms with Crippen molar-refractivity contribution in [2.45, 2.75) is 102 Å². The van der Waals surface area contributed by atoms with Crippen molar-refractivity contribution < 1.29 is 23.9 Å². The maximum absolute atomic E-state index is 12.9. The lowest BCUT2D eigenvalue weighted by molar-refractivity contribution is -0.136. The molecule has 4 amide bonds. The molecule has 1 N–H and O–H groups in total. The van der Waals surface area contributed by atoms with Crippen LogP contribution in [0.25, 0.3) is 0 Å². The lowest BCUT2D eigenvalue weighted by Gasteiger charge is -2.27. The van der Waals surface area contributed by atoms with Crippen LogP contribution < -0.4 is 10.1 Å². The molecule has 2 aliphatic heterocycles. The summed E-state index contributed by atoms with van der Waals surface area (Å²) >= 11 is 3.48. The summed E-state index contributed by atoms with van der Waals surface area (Å²) in [6.07, 6.45) is 16.9. The van der Waals surface area contributed by atoms with Crippen molar-refractivity contribution in [2.75, 3.05) is 11.9 Å². The number of carbonyl (C=O) groups excluding carboxylic acids is 4. The van der Waals surface area contributed by atoms with Crippen LogP contribution in [0.3, 0.4) is 0 Å². The number of imide groups is 2. The number of nitrogens with one attached hydrogen (secondary N) is 1. The molecule has 1 unspecified atom stereocenters. The first-order valence-corrected chi connectivity index (χ1v) is 14.7. The molecule has 0 bridgehead atoms. The zero-order valence-corrected chi connectivity index (χ0v) is 22.8. The van der Waals surface area contributed by atoms with Crippen LogP contribution in [-0.4, -0.2) is 46.5 Å². The predicted molar refractivity (Wildman–Crippen MR) is 142 cm³/mol. The van der Waals surface area contributed by atoms with E-state index in [0.717, 1.165) is 23.1 Å². The summed E-state index contributed by atoms with van der Waals surface area (Å²) in [5, 5.41) is 3.34. The molecule has 1 saturated heterocycles. The Balaban J connectivity index is 1.28. The number of rotatable bonds is 17. The van der Waals surface area contributed by atoms with E-state index in [-0.39, 0.29) is 29.9 Å². The molecule has 0 aliphatic carbocycles. The van der Waals surface area contributed by atoms with E-state index in [9.17, 15) is 19.2 Å². The highest BCUT2D eigenvalue weighted by Gasteiger charge is 2.44. The summed E-state index contributed by atoms with van der Waals surface area (Å²) in [7, 11) is 0. The lowest BCUT2D eigenvalue weighted by Crippen LogP contribution is -2.54. The Kier molecular flexibility index (Phi) is 11.9. The van der Waals surface area contributed by atoms with E-state index in [0.29, 0.717) is 12.4 Å². The van der Waals surface area contributed by atoms with Gasteiger partial charge >= 0.3 is 0 Å². The maximum Gasteiger partial charge on any atom is 0.262 e. The molecule has 7 nitrogen and oxygen atoms in total. The van der Waals surface area contributed by atoms with Crippen molar-refractivity contribution in [1.29, 1.82) is 0 Å². The van der Waals surface area contributed by atoms with Crippen molar-refractivity contribution in [3.63, 3.8) is 0 Å². The number of alkyl halides is 1. The molecule has 0 radical (unpaired) electrons. The van der Waals surface area contributed by atoms with Gasteiger partial charge in [-0.15, -0.1) is 0 Å². The van der Waals surface area contributed by atoms with Crippen molar-refractivity contribution in [2.24, 2.45) is 0 Å². The zero-order valence-electron chi connectivity index (χ0n) is 21.2. The number of benzene rings is 1. The fourth-order valence-corrected chi connectivity index (χ4v) is 5.27. The van der Waals surface area contributed by atoms with Crippen LogP contribution in [-0.2, 0) is 9.59 Å². The highest BCUT2D eigenvalue weighted by molar-refractivity contribution is 9.09. The van der Waals surface area contributed by atoms with Gasteiger partial charge < -0.3 is 4.74 Å². The smallest absolute Gasteiger partial charge is 0.262 e. The van der Waals surface area contributed by atoms with Crippen molar-refractivity contribution in [3.8, 4) is 5.75 Å². The van der Waals surface area contributed by atoms with Gasteiger partial charge in [-0.25, -0.2) is 0 Å². The molecule has 198 valence electrons. The molecule has 2 heterocycles. The van der Waals surface area contributed by atoms with Gasteiger partial charge in [0, 0.05) is 11.8 Å². The topological polar surface area (TPSA) is 92.8 Å². The number of halogens is 1. The minimum absolute atomic E-state index is 0.107. The average molecular weight is 564 g/mol. The second-order valence-corrected chi connectivity index (χ2v) is 10.6. The van der Waals surface area contributed by atoms with E-state index in [1.54, 1.807) is 18.2 Å². The first kappa shape index (κ1) is 28.4. The largest absolute Gasteiger partial charge is 0.494 e. The molecule has 1 aromatic carbocycles. The number of unbranched alkanes of at least 4 members (excludes halogenated alkanes) is 12. The van der Waals surface area contributed by atoms with Crippen LogP contribution >= 0.6 is 15.9 Å². The molecule has 1 fully saturated rings. The van der Waals surface area contributed by atoms with Gasteiger partial charge in [0.2, 0.25) is 11.8 Å². The van der Waals surface area contributed by atoms with Gasteiger partial charge in [0.1, 0.15) is 11.8 Å². The monoisotopic (exact) mass is 562 g/mol. The molecule has 36 heavy (non-hydrogen) atoms. The first-order chi connectivity index (χ1) is 17.5. The van der Waals surface area contributed by atoms with Crippen LogP contribution in [0.5, 0.6) is 5.75 Å². The van der Waals surface area contributed by atoms with E-state index in [1.807, 2.05) is 0 Å². The summed E-state index contributed by atoms with van der Waals surface area (Å²) in [4.78, 5) is 50.2. The molecule has 3 rings (SSSR count). The van der Waals surface area contributed by atoms with Gasteiger partial charge in [-0.3, -0.25) is 29.4 Å². The minimum Gasteiger partial charge on any atom is -0.494 e. The Morgan fingerprint density at radius 3 is 1.92 bits per heavy atom. The molecule has 0 saturated carbocycles. The quantitative estimate of drug-likeness (QED) is 0.144. The fourth-order valence-electron chi connectivity index (χ4n) is 4.87. The summed E-state index contributed by atoms with van der Waals surface area (Å²) < 4.78 is 5.83. The van der Waals surface area contributed by atoms with Gasteiger partial charge in [0.15, 0.2) is 0 Å². The minimum atomic E-state index is -0.950. The van der Waals surface area contributed by atoms with Gasteiger partial charge in [-0.2, -0.15) is 0 Å². The number of amides is 4. The molecule has 2 aliphatic rings. The van der Waals surface area contributed by atoms with Gasteiger partial charge in [-0.05, 0) is 37.5 Å². The number of fused-ring (bicyclic) bond motifs is 1. The maximum atomic E-state index is 12.9. The van der Waals surface area contributed by atoms with Gasteiger partial charge in [0.05, 0.1) is 17.7 Å². The third-order valence-corrected chi connectivity index (χ3v) is 7.52. The van der Waals surface area contributed by atoms with Crippen molar-refractivity contribution >= 4 is 39.6 Å². The van der Waals surface area contributed by atoms with Crippen molar-refractivity contribution in [1.82, 2.24) is 10.2 Å². The van der Waals surface area contributed by atoms with E-state index < -0.39 is 23.8 Å². The normalized spacial score (nSPS) is 17.5. The summed E-state index contributed by atoms with van der Waals surface area (Å²) in [6.45, 7) is 0.562. The number of hydrogen-bond acceptors (Lipinski definition) is 5. The number of nitrogens with zero attached hydrogens (tertiary/aromatic N) is 1. The molecule has 1 atom stereocenters. The highest BCUT2D eigenvalue weighted by atomic mass is 79.9. The first-order valence-electron chi connectivity index (χ1n) is 13.6. The van der Waals surface area contributed by atoms with Crippen LogP contribution in [0, 0.1) is 0 Å². The van der Waals surface area contributed by atoms with Crippen LogP contribution in [0.1, 0.15) is 117 Å². The standard InChI is InChI=1S/C28H39BrN2O5/c29-18-12-10-8-6-4-2-1-3-5-7-9-11-13-19-36-21-14-15-22-23(20-21)28(35)31(27(22)34)24-16-17-25(32)30-26(24)33/h14-15,20,24H,1-13,16-19H2,(H,30,32,33). The number of ether oxygens (including phenoxy) is 1. The predicted octanol–water partition coefficient (Wildman–Crippen LogP) is 5.93. The van der Waals surface area contributed by atoms with Crippen molar-refractivity contribution in [3.05, 3.63) is 29.3 Å². The Morgan fingerprint density at radius 2 is 1.33 bits per heavy atom. The number of hydrogen-bond donors (Lipinski definition) is 1. The Labute approximate surface area is 222 Å². The van der Waals surface area contributed by atoms with Gasteiger partial charge in [-0.1, -0.05) is 86.6 Å². The second-order valence-electron chi connectivity index (χ2n) is 9.79. The van der Waals surface area contributed by atoms with Crippen LogP contribution in [0.15, 0.2) is 18.2 Å². The van der Waals surface area contributed by atoms with Crippen LogP contribution in [0.4, 0.5) is 0 Å².